The standard InChI is InChI=1S/C23H17NO4/c24-11-14-7-9-15(10-8-14)12-28-13-18-16-3-1-5-19(25)21(16)23(27)22-17(18)4-2-6-20(22)26/h1-10,18,25-26H,12-13H2. The Hall–Kier alpha value is -3.62. The molecule has 28 heavy (non-hydrogen) atoms. The predicted molar refractivity (Wildman–Crippen MR) is 102 cm³/mol. The van der Waals surface area contributed by atoms with E-state index < -0.39 is 0 Å². The number of rotatable bonds is 4. The Kier molecular flexibility index (Phi) is 4.56. The first-order valence-electron chi connectivity index (χ1n) is 8.85. The molecule has 0 fully saturated rings. The highest BCUT2D eigenvalue weighted by molar-refractivity contribution is 6.15. The molecule has 138 valence electrons. The third-order valence-electron chi connectivity index (χ3n) is 4.99. The van der Waals surface area contributed by atoms with Crippen molar-refractivity contribution in [2.45, 2.75) is 12.5 Å². The van der Waals surface area contributed by atoms with E-state index in [1.54, 1.807) is 36.4 Å². The summed E-state index contributed by atoms with van der Waals surface area (Å²) in [6.07, 6.45) is 0. The van der Waals surface area contributed by atoms with Crippen molar-refractivity contribution in [1.29, 1.82) is 5.26 Å². The van der Waals surface area contributed by atoms with E-state index in [9.17, 15) is 15.0 Å². The molecule has 4 rings (SSSR count). The Labute approximate surface area is 162 Å². The zero-order valence-corrected chi connectivity index (χ0v) is 14.9. The molecule has 2 N–H and O–H groups in total. The van der Waals surface area contributed by atoms with Crippen molar-refractivity contribution in [3.8, 4) is 17.6 Å². The van der Waals surface area contributed by atoms with Gasteiger partial charge in [-0.2, -0.15) is 5.26 Å². The second-order valence-corrected chi connectivity index (χ2v) is 6.69. The molecule has 0 radical (unpaired) electrons. The van der Waals surface area contributed by atoms with Gasteiger partial charge in [0.2, 0.25) is 5.78 Å². The van der Waals surface area contributed by atoms with Crippen LogP contribution >= 0.6 is 0 Å². The Morgan fingerprint density at radius 3 is 2.00 bits per heavy atom. The quantitative estimate of drug-likeness (QED) is 0.727. The van der Waals surface area contributed by atoms with Crippen LogP contribution in [0.2, 0.25) is 0 Å². The molecule has 0 amide bonds. The molecule has 5 heteroatoms. The van der Waals surface area contributed by atoms with E-state index in [4.69, 9.17) is 10.00 Å². The number of nitrogens with zero attached hydrogens (tertiary/aromatic N) is 1. The number of ether oxygens (including phenoxy) is 1. The van der Waals surface area contributed by atoms with Gasteiger partial charge in [-0.05, 0) is 41.0 Å². The number of phenolic OH excluding ortho intramolecular Hbond substituents is 2. The molecule has 5 nitrogen and oxygen atoms in total. The fraction of sp³-hybridized carbons (Fsp3) is 0.130. The van der Waals surface area contributed by atoms with Gasteiger partial charge in [0.1, 0.15) is 11.5 Å². The molecule has 0 aliphatic heterocycles. The highest BCUT2D eigenvalue weighted by Gasteiger charge is 2.34. The van der Waals surface area contributed by atoms with E-state index in [2.05, 4.69) is 6.07 Å². The summed E-state index contributed by atoms with van der Waals surface area (Å²) in [7, 11) is 0. The number of ketones is 1. The van der Waals surface area contributed by atoms with Crippen molar-refractivity contribution < 1.29 is 19.7 Å². The number of nitriles is 1. The van der Waals surface area contributed by atoms with E-state index in [0.29, 0.717) is 23.3 Å². The SMILES string of the molecule is N#Cc1ccc(COCC2c3cccc(O)c3C(=O)c3c(O)cccc32)cc1. The van der Waals surface area contributed by atoms with Gasteiger partial charge in [0.25, 0.3) is 0 Å². The minimum atomic E-state index is -0.385. The molecule has 0 heterocycles. The summed E-state index contributed by atoms with van der Waals surface area (Å²) < 4.78 is 5.90. The molecule has 1 aliphatic rings. The number of hydrogen-bond acceptors (Lipinski definition) is 5. The molecule has 0 spiro atoms. The first-order valence-corrected chi connectivity index (χ1v) is 8.85. The van der Waals surface area contributed by atoms with Gasteiger partial charge < -0.3 is 14.9 Å². The topological polar surface area (TPSA) is 90.5 Å². The van der Waals surface area contributed by atoms with Gasteiger partial charge in [-0.1, -0.05) is 36.4 Å². The number of hydrogen-bond donors (Lipinski definition) is 2. The van der Waals surface area contributed by atoms with Crippen LogP contribution in [0.4, 0.5) is 0 Å². The summed E-state index contributed by atoms with van der Waals surface area (Å²) in [5.74, 6) is -0.883. The zero-order chi connectivity index (χ0) is 19.7. The number of benzene rings is 3. The Bertz CT molecular complexity index is 1040. The van der Waals surface area contributed by atoms with Crippen molar-refractivity contribution in [2.75, 3.05) is 6.61 Å². The average molecular weight is 371 g/mol. The fourth-order valence-corrected chi connectivity index (χ4v) is 3.63. The molecule has 3 aromatic carbocycles. The molecule has 0 bridgehead atoms. The number of phenols is 2. The summed E-state index contributed by atoms with van der Waals surface area (Å²) in [6.45, 7) is 0.624. The molecule has 0 saturated heterocycles. The van der Waals surface area contributed by atoms with Gasteiger partial charge in [0.05, 0.1) is 36.0 Å². The van der Waals surface area contributed by atoms with Gasteiger partial charge in [-0.15, -0.1) is 0 Å². The van der Waals surface area contributed by atoms with E-state index in [-0.39, 0.29) is 40.9 Å². The molecule has 3 aromatic rings. The lowest BCUT2D eigenvalue weighted by Crippen LogP contribution is -2.23. The maximum Gasteiger partial charge on any atom is 0.201 e. The summed E-state index contributed by atoms with van der Waals surface area (Å²) in [4.78, 5) is 12.9. The highest BCUT2D eigenvalue weighted by Crippen LogP contribution is 2.42. The number of carbonyl (C=O) groups is 1. The van der Waals surface area contributed by atoms with Crippen LogP contribution in [0.5, 0.6) is 11.5 Å². The van der Waals surface area contributed by atoms with Gasteiger partial charge >= 0.3 is 0 Å². The smallest absolute Gasteiger partial charge is 0.201 e. The van der Waals surface area contributed by atoms with Crippen molar-refractivity contribution in [2.24, 2.45) is 0 Å². The van der Waals surface area contributed by atoms with Crippen molar-refractivity contribution in [3.05, 3.63) is 94.0 Å². The number of carbonyl (C=O) groups excluding carboxylic acids is 1. The lowest BCUT2D eigenvalue weighted by molar-refractivity contribution is 0.0999. The average Bonchev–Trinajstić information content (AvgIpc) is 2.70. The second-order valence-electron chi connectivity index (χ2n) is 6.69. The van der Waals surface area contributed by atoms with Crippen LogP contribution in [-0.4, -0.2) is 22.6 Å². The van der Waals surface area contributed by atoms with Gasteiger partial charge in [-0.25, -0.2) is 0 Å². The minimum Gasteiger partial charge on any atom is -0.507 e. The summed E-state index contributed by atoms with van der Waals surface area (Å²) >= 11 is 0. The van der Waals surface area contributed by atoms with Crippen molar-refractivity contribution in [3.63, 3.8) is 0 Å². The van der Waals surface area contributed by atoms with E-state index in [1.165, 1.54) is 12.1 Å². The summed E-state index contributed by atoms with van der Waals surface area (Å²) in [5, 5.41) is 29.4. The molecule has 0 atom stereocenters. The van der Waals surface area contributed by atoms with Crippen LogP contribution in [0.25, 0.3) is 0 Å². The summed E-state index contributed by atoms with van der Waals surface area (Å²) in [6, 6.07) is 19.2. The normalized spacial score (nSPS) is 12.9. The molecule has 1 aliphatic carbocycles. The zero-order valence-electron chi connectivity index (χ0n) is 14.9. The molecule has 0 aromatic heterocycles. The first kappa shape index (κ1) is 17.8. The largest absolute Gasteiger partial charge is 0.507 e. The number of aromatic hydroxyl groups is 2. The maximum atomic E-state index is 12.9. The van der Waals surface area contributed by atoms with E-state index in [1.807, 2.05) is 12.1 Å². The third kappa shape index (κ3) is 3.00. The van der Waals surface area contributed by atoms with Gasteiger partial charge in [0.15, 0.2) is 0 Å². The van der Waals surface area contributed by atoms with Crippen LogP contribution in [-0.2, 0) is 11.3 Å². The monoisotopic (exact) mass is 371 g/mol. The van der Waals surface area contributed by atoms with Crippen molar-refractivity contribution >= 4 is 5.78 Å². The minimum absolute atomic E-state index is 0.103. The highest BCUT2D eigenvalue weighted by atomic mass is 16.5. The van der Waals surface area contributed by atoms with Gasteiger partial charge in [-0.3, -0.25) is 4.79 Å². The molecule has 0 saturated carbocycles. The third-order valence-corrected chi connectivity index (χ3v) is 4.99. The van der Waals surface area contributed by atoms with Crippen LogP contribution in [0.15, 0.2) is 60.7 Å². The molecular weight excluding hydrogens is 354 g/mol. The lowest BCUT2D eigenvalue weighted by atomic mass is 9.77. The Morgan fingerprint density at radius 1 is 0.893 bits per heavy atom. The first-order chi connectivity index (χ1) is 13.6. The van der Waals surface area contributed by atoms with Crippen LogP contribution in [0.3, 0.4) is 0 Å². The molecular formula is C23H17NO4. The molecule has 0 unspecified atom stereocenters. The van der Waals surface area contributed by atoms with Crippen LogP contribution < -0.4 is 0 Å². The lowest BCUT2D eigenvalue weighted by Gasteiger charge is -2.28. The van der Waals surface area contributed by atoms with Crippen molar-refractivity contribution in [1.82, 2.24) is 0 Å². The van der Waals surface area contributed by atoms with Crippen LogP contribution in [0.1, 0.15) is 44.1 Å². The Morgan fingerprint density at radius 2 is 1.46 bits per heavy atom. The summed E-state index contributed by atoms with van der Waals surface area (Å²) in [5.41, 5.74) is 3.30. The predicted octanol–water partition coefficient (Wildman–Crippen LogP) is 3.86. The van der Waals surface area contributed by atoms with E-state index in [0.717, 1.165) is 5.56 Å². The maximum absolute atomic E-state index is 12.9. The van der Waals surface area contributed by atoms with Crippen LogP contribution in [0, 0.1) is 11.3 Å². The second kappa shape index (κ2) is 7.18. The number of fused-ring (bicyclic) bond motifs is 2. The Balaban J connectivity index is 1.64. The van der Waals surface area contributed by atoms with E-state index >= 15 is 0 Å². The fourth-order valence-electron chi connectivity index (χ4n) is 3.63. The van der Waals surface area contributed by atoms with Gasteiger partial charge in [0, 0.05) is 5.92 Å².